The molecule has 1 saturated heterocycles. The largest absolute Gasteiger partial charge is 0.507 e. The number of hydrogen-bond acceptors (Lipinski definition) is 7. The molecule has 1 amide bonds. The predicted molar refractivity (Wildman–Crippen MR) is 141 cm³/mol. The van der Waals surface area contributed by atoms with E-state index in [1.165, 1.54) is 4.90 Å². The maximum Gasteiger partial charge on any atom is 0.338 e. The van der Waals surface area contributed by atoms with E-state index in [2.05, 4.69) is 4.98 Å². The molecule has 196 valence electrons. The lowest BCUT2D eigenvalue weighted by Crippen LogP contribution is -2.29. The SMILES string of the molecule is CCOC(=O)c1ccc(CN2C(=O)C(=O)/C(=C(\O)c3ccc(OC(C)C)c(C)c3)C2c2ccncc2)cc1. The van der Waals surface area contributed by atoms with Crippen LogP contribution in [0.4, 0.5) is 0 Å². The standard InChI is InChI=1S/C30H30N2O6/c1-5-37-30(36)22-8-6-20(7-9-22)17-32-26(21-12-14-31-15-13-21)25(28(34)29(32)35)27(33)23-10-11-24(19(4)16-23)38-18(2)3/h6-16,18,26,33H,5,17H2,1-4H3/b27-25-. The van der Waals surface area contributed by atoms with E-state index in [4.69, 9.17) is 9.47 Å². The van der Waals surface area contributed by atoms with Gasteiger partial charge in [0.25, 0.3) is 11.7 Å². The van der Waals surface area contributed by atoms with Gasteiger partial charge in [-0.25, -0.2) is 4.79 Å². The number of ketones is 1. The van der Waals surface area contributed by atoms with E-state index < -0.39 is 23.7 Å². The van der Waals surface area contributed by atoms with Crippen LogP contribution in [0.15, 0.2) is 72.6 Å². The van der Waals surface area contributed by atoms with Crippen molar-refractivity contribution < 1.29 is 29.0 Å². The summed E-state index contributed by atoms with van der Waals surface area (Å²) < 4.78 is 10.8. The maximum atomic E-state index is 13.3. The van der Waals surface area contributed by atoms with Crippen molar-refractivity contribution >= 4 is 23.4 Å². The highest BCUT2D eigenvalue weighted by molar-refractivity contribution is 6.46. The Morgan fingerprint density at radius 2 is 1.68 bits per heavy atom. The van der Waals surface area contributed by atoms with Crippen LogP contribution in [0.1, 0.15) is 59.4 Å². The minimum atomic E-state index is -0.824. The number of carbonyl (C=O) groups excluding carboxylic acids is 3. The van der Waals surface area contributed by atoms with Gasteiger partial charge in [0.15, 0.2) is 0 Å². The molecule has 1 aliphatic rings. The number of rotatable bonds is 8. The van der Waals surface area contributed by atoms with Gasteiger partial charge in [0, 0.05) is 24.5 Å². The Kier molecular flexibility index (Phi) is 7.90. The van der Waals surface area contributed by atoms with E-state index in [1.807, 2.05) is 20.8 Å². The molecule has 4 rings (SSSR count). The molecule has 38 heavy (non-hydrogen) atoms. The van der Waals surface area contributed by atoms with Crippen LogP contribution >= 0.6 is 0 Å². The molecule has 1 unspecified atom stereocenters. The fourth-order valence-corrected chi connectivity index (χ4v) is 4.43. The summed E-state index contributed by atoms with van der Waals surface area (Å²) in [4.78, 5) is 44.0. The zero-order chi connectivity index (χ0) is 27.4. The Morgan fingerprint density at radius 1 is 1.03 bits per heavy atom. The zero-order valence-corrected chi connectivity index (χ0v) is 21.8. The number of Topliss-reactive ketones (excluding diaryl/α,β-unsaturated/α-hetero) is 1. The lowest BCUT2D eigenvalue weighted by Gasteiger charge is -2.25. The molecule has 1 aromatic heterocycles. The van der Waals surface area contributed by atoms with Gasteiger partial charge >= 0.3 is 5.97 Å². The molecule has 0 aliphatic carbocycles. The number of aliphatic hydroxyl groups is 1. The third-order valence-corrected chi connectivity index (χ3v) is 6.19. The summed E-state index contributed by atoms with van der Waals surface area (Å²) in [5.41, 5.74) is 2.95. The van der Waals surface area contributed by atoms with Gasteiger partial charge < -0.3 is 19.5 Å². The van der Waals surface area contributed by atoms with Crippen molar-refractivity contribution in [1.82, 2.24) is 9.88 Å². The van der Waals surface area contributed by atoms with Crippen molar-refractivity contribution in [2.24, 2.45) is 0 Å². The lowest BCUT2D eigenvalue weighted by atomic mass is 9.95. The van der Waals surface area contributed by atoms with Crippen LogP contribution in [-0.2, 0) is 20.9 Å². The molecule has 1 atom stereocenters. The first kappa shape index (κ1) is 26.6. The Morgan fingerprint density at radius 3 is 2.29 bits per heavy atom. The number of aromatic nitrogens is 1. The van der Waals surface area contributed by atoms with Gasteiger partial charge in [-0.05, 0) is 86.8 Å². The van der Waals surface area contributed by atoms with Crippen LogP contribution in [-0.4, -0.2) is 45.4 Å². The Bertz CT molecular complexity index is 1380. The summed E-state index contributed by atoms with van der Waals surface area (Å²) >= 11 is 0. The number of aryl methyl sites for hydroxylation is 1. The molecule has 0 saturated carbocycles. The number of benzene rings is 2. The van der Waals surface area contributed by atoms with Crippen LogP contribution in [0.5, 0.6) is 5.75 Å². The molecule has 1 aliphatic heterocycles. The van der Waals surface area contributed by atoms with E-state index >= 15 is 0 Å². The van der Waals surface area contributed by atoms with Gasteiger partial charge in [-0.15, -0.1) is 0 Å². The summed E-state index contributed by atoms with van der Waals surface area (Å²) in [6.07, 6.45) is 3.13. The number of hydrogen-bond donors (Lipinski definition) is 1. The van der Waals surface area contributed by atoms with Crippen LogP contribution in [0.25, 0.3) is 5.76 Å². The fourth-order valence-electron chi connectivity index (χ4n) is 4.43. The molecular formula is C30H30N2O6. The smallest absolute Gasteiger partial charge is 0.338 e. The van der Waals surface area contributed by atoms with Crippen molar-refractivity contribution in [2.45, 2.75) is 46.4 Å². The molecule has 8 heteroatoms. The number of likely N-dealkylation sites (tertiary alicyclic amines) is 1. The van der Waals surface area contributed by atoms with Gasteiger partial charge in [-0.2, -0.15) is 0 Å². The zero-order valence-electron chi connectivity index (χ0n) is 21.8. The number of carbonyl (C=O) groups is 3. The summed E-state index contributed by atoms with van der Waals surface area (Å²) in [5, 5.41) is 11.3. The first-order valence-electron chi connectivity index (χ1n) is 12.4. The molecule has 2 heterocycles. The van der Waals surface area contributed by atoms with Gasteiger partial charge in [-0.3, -0.25) is 14.6 Å². The van der Waals surface area contributed by atoms with Gasteiger partial charge in [0.1, 0.15) is 11.5 Å². The summed E-state index contributed by atoms with van der Waals surface area (Å²) in [6, 6.07) is 14.4. The van der Waals surface area contributed by atoms with Crippen molar-refractivity contribution in [2.75, 3.05) is 6.61 Å². The van der Waals surface area contributed by atoms with E-state index in [0.29, 0.717) is 28.0 Å². The monoisotopic (exact) mass is 514 g/mol. The van der Waals surface area contributed by atoms with E-state index in [0.717, 1.165) is 5.56 Å². The Labute approximate surface area is 221 Å². The Hall–Kier alpha value is -4.46. The van der Waals surface area contributed by atoms with E-state index in [-0.39, 0.29) is 30.6 Å². The molecule has 1 fully saturated rings. The highest BCUT2D eigenvalue weighted by atomic mass is 16.5. The lowest BCUT2D eigenvalue weighted by molar-refractivity contribution is -0.140. The number of aliphatic hydroxyl groups excluding tert-OH is 1. The third-order valence-electron chi connectivity index (χ3n) is 6.19. The predicted octanol–water partition coefficient (Wildman–Crippen LogP) is 4.98. The number of pyridine rings is 1. The molecule has 3 aromatic rings. The number of ether oxygens (including phenoxy) is 2. The molecule has 8 nitrogen and oxygen atoms in total. The molecule has 0 spiro atoms. The molecule has 2 aromatic carbocycles. The molecular weight excluding hydrogens is 484 g/mol. The maximum absolute atomic E-state index is 13.3. The second-order valence-electron chi connectivity index (χ2n) is 9.27. The quantitative estimate of drug-likeness (QED) is 0.196. The first-order valence-corrected chi connectivity index (χ1v) is 12.4. The van der Waals surface area contributed by atoms with Crippen LogP contribution in [0.2, 0.25) is 0 Å². The van der Waals surface area contributed by atoms with Crippen LogP contribution in [0.3, 0.4) is 0 Å². The highest BCUT2D eigenvalue weighted by Gasteiger charge is 2.46. The average molecular weight is 515 g/mol. The minimum Gasteiger partial charge on any atom is -0.507 e. The van der Waals surface area contributed by atoms with Gasteiger partial charge in [0.05, 0.1) is 29.9 Å². The highest BCUT2D eigenvalue weighted by Crippen LogP contribution is 2.40. The number of amides is 1. The second-order valence-corrected chi connectivity index (χ2v) is 9.27. The van der Waals surface area contributed by atoms with Crippen molar-refractivity contribution in [1.29, 1.82) is 0 Å². The fraction of sp³-hybridized carbons (Fsp3) is 0.267. The minimum absolute atomic E-state index is 0.00118. The summed E-state index contributed by atoms with van der Waals surface area (Å²) in [5.74, 6) is -1.51. The van der Waals surface area contributed by atoms with Crippen molar-refractivity contribution in [3.05, 3.63) is 100 Å². The first-order chi connectivity index (χ1) is 18.2. The van der Waals surface area contributed by atoms with E-state index in [9.17, 15) is 19.5 Å². The summed E-state index contributed by atoms with van der Waals surface area (Å²) in [6.45, 7) is 7.80. The van der Waals surface area contributed by atoms with Gasteiger partial charge in [-0.1, -0.05) is 12.1 Å². The van der Waals surface area contributed by atoms with Crippen LogP contribution in [0, 0.1) is 6.92 Å². The third kappa shape index (κ3) is 5.44. The van der Waals surface area contributed by atoms with Crippen molar-refractivity contribution in [3.63, 3.8) is 0 Å². The molecule has 1 N–H and O–H groups in total. The van der Waals surface area contributed by atoms with E-state index in [1.54, 1.807) is 73.9 Å². The van der Waals surface area contributed by atoms with Gasteiger partial charge in [0.2, 0.25) is 0 Å². The number of esters is 1. The second kappa shape index (κ2) is 11.3. The summed E-state index contributed by atoms with van der Waals surface area (Å²) in [7, 11) is 0. The van der Waals surface area contributed by atoms with Crippen LogP contribution < -0.4 is 4.74 Å². The number of nitrogens with zero attached hydrogens (tertiary/aromatic N) is 2. The van der Waals surface area contributed by atoms with Crippen molar-refractivity contribution in [3.8, 4) is 5.75 Å². The normalized spacial score (nSPS) is 16.7. The molecule has 0 bridgehead atoms. The Balaban J connectivity index is 1.74. The molecule has 0 radical (unpaired) electrons. The topological polar surface area (TPSA) is 106 Å². The average Bonchev–Trinajstić information content (AvgIpc) is 3.15.